The van der Waals surface area contributed by atoms with E-state index < -0.39 is 10.0 Å². The Kier molecular flexibility index (Phi) is 4.56. The van der Waals surface area contributed by atoms with Crippen molar-refractivity contribution in [2.75, 3.05) is 5.32 Å². The highest BCUT2D eigenvalue weighted by molar-refractivity contribution is 7.89. The van der Waals surface area contributed by atoms with Crippen LogP contribution < -0.4 is 10.0 Å². The lowest BCUT2D eigenvalue weighted by Gasteiger charge is -2.14. The smallest absolute Gasteiger partial charge is 0.241 e. The molecule has 0 bridgehead atoms. The summed E-state index contributed by atoms with van der Waals surface area (Å²) in [6, 6.07) is 14.7. The van der Waals surface area contributed by atoms with Crippen molar-refractivity contribution in [3.8, 4) is 6.07 Å². The Balaban J connectivity index is 1.76. The maximum Gasteiger partial charge on any atom is 0.241 e. The molecule has 1 aliphatic rings. The quantitative estimate of drug-likeness (QED) is 0.846. The van der Waals surface area contributed by atoms with Crippen LogP contribution >= 0.6 is 0 Å². The molecule has 0 radical (unpaired) electrons. The minimum Gasteiger partial charge on any atom is -0.381 e. The Morgan fingerprint density at radius 1 is 1.17 bits per heavy atom. The molecule has 24 heavy (non-hydrogen) atoms. The van der Waals surface area contributed by atoms with Crippen molar-refractivity contribution in [3.05, 3.63) is 59.2 Å². The first-order valence-corrected chi connectivity index (χ1v) is 9.33. The van der Waals surface area contributed by atoms with Crippen molar-refractivity contribution >= 4 is 15.7 Å². The number of hydrogen-bond acceptors (Lipinski definition) is 4. The molecule has 124 valence electrons. The van der Waals surface area contributed by atoms with Gasteiger partial charge in [-0.15, -0.1) is 0 Å². The fraction of sp³-hybridized carbons (Fsp3) is 0.278. The summed E-state index contributed by atoms with van der Waals surface area (Å²) in [5, 5.41) is 12.1. The molecule has 2 N–H and O–H groups in total. The first-order chi connectivity index (χ1) is 11.5. The molecular formula is C18H19N3O2S. The highest BCUT2D eigenvalue weighted by Crippen LogP contribution is 2.27. The number of nitriles is 1. The summed E-state index contributed by atoms with van der Waals surface area (Å²) in [5.74, 6) is 0. The Bertz CT molecular complexity index is 879. The second-order valence-corrected chi connectivity index (χ2v) is 7.67. The lowest BCUT2D eigenvalue weighted by atomic mass is 10.1. The summed E-state index contributed by atoms with van der Waals surface area (Å²) in [7, 11) is -3.47. The van der Waals surface area contributed by atoms with Crippen molar-refractivity contribution in [1.82, 2.24) is 4.72 Å². The van der Waals surface area contributed by atoms with Gasteiger partial charge in [-0.3, -0.25) is 0 Å². The monoisotopic (exact) mass is 341 g/mol. The number of benzene rings is 2. The van der Waals surface area contributed by atoms with E-state index in [1.165, 1.54) is 0 Å². The van der Waals surface area contributed by atoms with Crippen LogP contribution in [0.5, 0.6) is 0 Å². The highest BCUT2D eigenvalue weighted by atomic mass is 32.2. The van der Waals surface area contributed by atoms with Crippen LogP contribution in [0.2, 0.25) is 0 Å². The third-order valence-electron chi connectivity index (χ3n) is 4.04. The number of nitrogens with one attached hydrogen (secondary N) is 2. The van der Waals surface area contributed by atoms with Gasteiger partial charge in [0.15, 0.2) is 0 Å². The molecule has 0 saturated heterocycles. The van der Waals surface area contributed by atoms with E-state index in [1.807, 2.05) is 25.1 Å². The predicted molar refractivity (Wildman–Crippen MR) is 93.0 cm³/mol. The van der Waals surface area contributed by atoms with Crippen molar-refractivity contribution in [1.29, 1.82) is 5.26 Å². The van der Waals surface area contributed by atoms with E-state index in [0.717, 1.165) is 24.1 Å². The van der Waals surface area contributed by atoms with Crippen LogP contribution in [-0.2, 0) is 16.6 Å². The van der Waals surface area contributed by atoms with E-state index in [2.05, 4.69) is 16.1 Å². The van der Waals surface area contributed by atoms with E-state index in [-0.39, 0.29) is 6.04 Å². The molecule has 0 aliphatic heterocycles. The topological polar surface area (TPSA) is 82.0 Å². The van der Waals surface area contributed by atoms with E-state index >= 15 is 0 Å². The Labute approximate surface area is 142 Å². The zero-order valence-electron chi connectivity index (χ0n) is 13.4. The van der Waals surface area contributed by atoms with Gasteiger partial charge in [0.25, 0.3) is 0 Å². The number of hydrogen-bond donors (Lipinski definition) is 2. The predicted octanol–water partition coefficient (Wildman–Crippen LogP) is 2.92. The molecule has 6 heteroatoms. The molecule has 1 aliphatic carbocycles. The standard InChI is InChI=1S/C18H19N3O2S/c1-13-17(20-12-15-7-5-14(11-19)6-8-15)3-2-4-18(13)24(22,23)21-16-9-10-16/h2-8,16,20-21H,9-10,12H2,1H3. The van der Waals surface area contributed by atoms with Gasteiger partial charge in [-0.1, -0.05) is 18.2 Å². The van der Waals surface area contributed by atoms with Gasteiger partial charge in [0, 0.05) is 18.3 Å². The minimum absolute atomic E-state index is 0.0877. The fourth-order valence-electron chi connectivity index (χ4n) is 2.48. The maximum absolute atomic E-state index is 12.4. The normalized spacial score (nSPS) is 14.2. The Morgan fingerprint density at radius 3 is 2.50 bits per heavy atom. The van der Waals surface area contributed by atoms with Crippen LogP contribution in [0, 0.1) is 18.3 Å². The SMILES string of the molecule is Cc1c(NCc2ccc(C#N)cc2)cccc1S(=O)(=O)NC1CC1. The molecule has 2 aromatic carbocycles. The van der Waals surface area contributed by atoms with Crippen molar-refractivity contribution < 1.29 is 8.42 Å². The van der Waals surface area contributed by atoms with E-state index in [1.54, 1.807) is 24.3 Å². The van der Waals surface area contributed by atoms with E-state index in [4.69, 9.17) is 5.26 Å². The van der Waals surface area contributed by atoms with Gasteiger partial charge in [0.2, 0.25) is 10.0 Å². The first kappa shape index (κ1) is 16.5. The average molecular weight is 341 g/mol. The summed E-state index contributed by atoms with van der Waals surface area (Å²) in [6.45, 7) is 2.37. The summed E-state index contributed by atoms with van der Waals surface area (Å²) in [6.07, 6.45) is 1.82. The minimum atomic E-state index is -3.47. The molecular weight excluding hydrogens is 322 g/mol. The zero-order chi connectivity index (χ0) is 17.2. The Hall–Kier alpha value is -2.36. The van der Waals surface area contributed by atoms with Gasteiger partial charge < -0.3 is 5.32 Å². The highest BCUT2D eigenvalue weighted by Gasteiger charge is 2.29. The fourth-order valence-corrected chi connectivity index (χ4v) is 4.05. The molecule has 0 atom stereocenters. The van der Waals surface area contributed by atoms with Crippen LogP contribution in [0.1, 0.15) is 29.5 Å². The molecule has 0 amide bonds. The third-order valence-corrected chi connectivity index (χ3v) is 5.70. The maximum atomic E-state index is 12.4. The van der Waals surface area contributed by atoms with E-state index in [9.17, 15) is 8.42 Å². The third kappa shape index (κ3) is 3.75. The zero-order valence-corrected chi connectivity index (χ0v) is 14.2. The van der Waals surface area contributed by atoms with Gasteiger partial charge in [-0.2, -0.15) is 5.26 Å². The van der Waals surface area contributed by atoms with Gasteiger partial charge >= 0.3 is 0 Å². The molecule has 2 aromatic rings. The van der Waals surface area contributed by atoms with Crippen molar-refractivity contribution in [2.45, 2.75) is 37.2 Å². The van der Waals surface area contributed by atoms with E-state index in [0.29, 0.717) is 22.6 Å². The lowest BCUT2D eigenvalue weighted by Crippen LogP contribution is -2.26. The van der Waals surface area contributed by atoms with Crippen LogP contribution in [0.15, 0.2) is 47.4 Å². The molecule has 0 spiro atoms. The second-order valence-electron chi connectivity index (χ2n) is 5.99. The molecule has 0 aromatic heterocycles. The number of anilines is 1. The van der Waals surface area contributed by atoms with Crippen molar-refractivity contribution in [2.24, 2.45) is 0 Å². The Morgan fingerprint density at radius 2 is 1.88 bits per heavy atom. The van der Waals surface area contributed by atoms with Crippen LogP contribution in [0.4, 0.5) is 5.69 Å². The molecule has 1 fully saturated rings. The van der Waals surface area contributed by atoms with Crippen LogP contribution in [0.25, 0.3) is 0 Å². The summed E-state index contributed by atoms with van der Waals surface area (Å²) in [5.41, 5.74) is 3.14. The van der Waals surface area contributed by atoms with Gasteiger partial charge in [-0.05, 0) is 55.2 Å². The number of nitrogens with zero attached hydrogens (tertiary/aromatic N) is 1. The average Bonchev–Trinajstić information content (AvgIpc) is 3.37. The van der Waals surface area contributed by atoms with Crippen LogP contribution in [-0.4, -0.2) is 14.5 Å². The summed E-state index contributed by atoms with van der Waals surface area (Å²) < 4.78 is 27.6. The van der Waals surface area contributed by atoms with Crippen LogP contribution in [0.3, 0.4) is 0 Å². The number of sulfonamides is 1. The lowest BCUT2D eigenvalue weighted by molar-refractivity contribution is 0.580. The summed E-state index contributed by atoms with van der Waals surface area (Å²) >= 11 is 0. The molecule has 0 heterocycles. The van der Waals surface area contributed by atoms with Gasteiger partial charge in [0.1, 0.15) is 0 Å². The second kappa shape index (κ2) is 6.63. The van der Waals surface area contributed by atoms with Gasteiger partial charge in [-0.25, -0.2) is 13.1 Å². The van der Waals surface area contributed by atoms with Gasteiger partial charge in [0.05, 0.1) is 16.5 Å². The number of rotatable bonds is 6. The van der Waals surface area contributed by atoms with Crippen molar-refractivity contribution in [3.63, 3.8) is 0 Å². The molecule has 0 unspecified atom stereocenters. The largest absolute Gasteiger partial charge is 0.381 e. The molecule has 5 nitrogen and oxygen atoms in total. The molecule has 3 rings (SSSR count). The molecule has 1 saturated carbocycles. The summed E-state index contributed by atoms with van der Waals surface area (Å²) in [4.78, 5) is 0.319. The first-order valence-electron chi connectivity index (χ1n) is 7.84.